The zero-order valence-corrected chi connectivity index (χ0v) is 17.0. The number of halogens is 1. The van der Waals surface area contributed by atoms with Crippen LogP contribution in [0.5, 0.6) is 0 Å². The van der Waals surface area contributed by atoms with Crippen LogP contribution in [0.2, 0.25) is 0 Å². The lowest BCUT2D eigenvalue weighted by molar-refractivity contribution is -0.136. The number of nitrogens with zero attached hydrogens (tertiary/aromatic N) is 1. The Morgan fingerprint density at radius 1 is 0.935 bits per heavy atom. The summed E-state index contributed by atoms with van der Waals surface area (Å²) in [7, 11) is 0. The molecule has 3 rings (SSSR count). The van der Waals surface area contributed by atoms with Gasteiger partial charge in [0.1, 0.15) is 5.82 Å². The number of anilines is 2. The molecule has 162 valence electrons. The highest BCUT2D eigenvalue weighted by atomic mass is 19.1. The summed E-state index contributed by atoms with van der Waals surface area (Å²) < 4.78 is 18.3. The summed E-state index contributed by atoms with van der Waals surface area (Å²) in [5, 5.41) is 0. The molecule has 1 aliphatic rings. The van der Waals surface area contributed by atoms with Crippen molar-refractivity contribution in [2.75, 3.05) is 24.6 Å². The molecule has 1 heterocycles. The van der Waals surface area contributed by atoms with Gasteiger partial charge in [-0.2, -0.15) is 0 Å². The van der Waals surface area contributed by atoms with Crippen molar-refractivity contribution in [1.29, 1.82) is 0 Å². The van der Waals surface area contributed by atoms with Gasteiger partial charge in [-0.05, 0) is 55.2 Å². The number of benzene rings is 2. The lowest BCUT2D eigenvalue weighted by atomic mass is 10.1. The Bertz CT molecular complexity index is 998. The van der Waals surface area contributed by atoms with Crippen LogP contribution >= 0.6 is 0 Å². The quantitative estimate of drug-likeness (QED) is 0.276. The van der Waals surface area contributed by atoms with Crippen LogP contribution in [-0.2, 0) is 14.3 Å². The van der Waals surface area contributed by atoms with E-state index in [1.807, 2.05) is 0 Å². The van der Waals surface area contributed by atoms with E-state index in [-0.39, 0.29) is 24.0 Å². The van der Waals surface area contributed by atoms with Gasteiger partial charge in [0.2, 0.25) is 0 Å². The molecule has 2 amide bonds. The van der Waals surface area contributed by atoms with Crippen molar-refractivity contribution in [2.45, 2.75) is 25.7 Å². The van der Waals surface area contributed by atoms with Crippen LogP contribution in [0, 0.1) is 5.82 Å². The first-order chi connectivity index (χ1) is 14.8. The fourth-order valence-corrected chi connectivity index (χ4v) is 3.32. The highest BCUT2D eigenvalue weighted by molar-refractivity contribution is 6.33. The number of nitrogen functional groups attached to an aromatic ring is 2. The third-order valence-corrected chi connectivity index (χ3v) is 4.89. The van der Waals surface area contributed by atoms with Crippen molar-refractivity contribution in [2.24, 2.45) is 0 Å². The van der Waals surface area contributed by atoms with Gasteiger partial charge in [-0.15, -0.1) is 0 Å². The first kappa shape index (κ1) is 22.0. The molecule has 0 bridgehead atoms. The summed E-state index contributed by atoms with van der Waals surface area (Å²) in [5.41, 5.74) is 13.2. The first-order valence-electron chi connectivity index (χ1n) is 10.0. The van der Waals surface area contributed by atoms with Gasteiger partial charge < -0.3 is 16.2 Å². The second-order valence-corrected chi connectivity index (χ2v) is 7.30. The fraction of sp³-hybridized carbons (Fsp3) is 0.261. The van der Waals surface area contributed by atoms with E-state index < -0.39 is 11.8 Å². The molecule has 0 radical (unpaired) electrons. The fourth-order valence-electron chi connectivity index (χ4n) is 3.32. The molecule has 2 aromatic carbocycles. The van der Waals surface area contributed by atoms with Crippen LogP contribution in [-0.4, -0.2) is 35.8 Å². The number of amides is 2. The third kappa shape index (κ3) is 5.69. The second-order valence-electron chi connectivity index (χ2n) is 7.30. The van der Waals surface area contributed by atoms with E-state index in [4.69, 9.17) is 16.2 Å². The van der Waals surface area contributed by atoms with E-state index in [0.29, 0.717) is 41.9 Å². The predicted molar refractivity (Wildman–Crippen MR) is 115 cm³/mol. The normalized spacial score (nSPS) is 13.5. The maximum absolute atomic E-state index is 13.1. The molecule has 0 unspecified atom stereocenters. The van der Waals surface area contributed by atoms with Gasteiger partial charge in [0, 0.05) is 24.0 Å². The summed E-state index contributed by atoms with van der Waals surface area (Å²) in [6.45, 7) is 0.562. The maximum Gasteiger partial charge on any atom is 0.338 e. The van der Waals surface area contributed by atoms with Crippen molar-refractivity contribution in [3.05, 3.63) is 65.5 Å². The zero-order chi connectivity index (χ0) is 22.4. The average molecular weight is 425 g/mol. The monoisotopic (exact) mass is 425 g/mol. The van der Waals surface area contributed by atoms with Crippen LogP contribution < -0.4 is 11.5 Å². The van der Waals surface area contributed by atoms with Crippen molar-refractivity contribution in [1.82, 2.24) is 4.90 Å². The zero-order valence-electron chi connectivity index (χ0n) is 17.0. The van der Waals surface area contributed by atoms with Crippen LogP contribution in [0.3, 0.4) is 0 Å². The molecule has 0 fully saturated rings. The first-order valence-corrected chi connectivity index (χ1v) is 10.0. The molecule has 7 nitrogen and oxygen atoms in total. The van der Waals surface area contributed by atoms with Crippen molar-refractivity contribution < 1.29 is 23.5 Å². The number of carbonyl (C=O) groups is 3. The van der Waals surface area contributed by atoms with Crippen molar-refractivity contribution in [3.8, 4) is 0 Å². The molecule has 31 heavy (non-hydrogen) atoms. The molecule has 0 atom stereocenters. The van der Waals surface area contributed by atoms with Gasteiger partial charge in [-0.1, -0.05) is 18.6 Å². The van der Waals surface area contributed by atoms with Crippen LogP contribution in [0.15, 0.2) is 48.5 Å². The standard InChI is InChI=1S/C23H24FN3O4/c24-17-7-5-15(6-8-17)20-14-21(28)27(22(20)29)9-3-1-2-4-10-31-23(30)16-11-18(25)13-19(26)12-16/h5-8,11-14H,1-4,9-10,25-26H2. The minimum Gasteiger partial charge on any atom is -0.462 e. The number of ether oxygens (including phenoxy) is 1. The van der Waals surface area contributed by atoms with Crippen LogP contribution in [0.4, 0.5) is 15.8 Å². The molecule has 1 aliphatic heterocycles. The number of imide groups is 1. The second kappa shape index (κ2) is 9.88. The van der Waals surface area contributed by atoms with E-state index in [9.17, 15) is 18.8 Å². The highest BCUT2D eigenvalue weighted by Crippen LogP contribution is 2.24. The molecule has 0 saturated carbocycles. The van der Waals surface area contributed by atoms with E-state index in [0.717, 1.165) is 12.8 Å². The number of carbonyl (C=O) groups excluding carboxylic acids is 3. The van der Waals surface area contributed by atoms with Crippen molar-refractivity contribution in [3.63, 3.8) is 0 Å². The molecule has 0 aromatic heterocycles. The number of nitrogens with two attached hydrogens (primary N) is 2. The topological polar surface area (TPSA) is 116 Å². The molecular formula is C23H24FN3O4. The maximum atomic E-state index is 13.1. The van der Waals surface area contributed by atoms with E-state index in [2.05, 4.69) is 0 Å². The summed E-state index contributed by atoms with van der Waals surface area (Å²) in [6, 6.07) is 10.1. The molecule has 0 aliphatic carbocycles. The molecule has 2 aromatic rings. The van der Waals surface area contributed by atoms with Gasteiger partial charge in [0.05, 0.1) is 17.7 Å². The Labute approximate surface area is 179 Å². The van der Waals surface area contributed by atoms with Crippen LogP contribution in [0.1, 0.15) is 41.6 Å². The summed E-state index contributed by atoms with van der Waals surface area (Å²) in [5.74, 6) is -1.61. The smallest absolute Gasteiger partial charge is 0.338 e. The number of hydrogen-bond donors (Lipinski definition) is 2. The largest absolute Gasteiger partial charge is 0.462 e. The number of esters is 1. The number of rotatable bonds is 9. The van der Waals surface area contributed by atoms with Gasteiger partial charge in [0.25, 0.3) is 11.8 Å². The summed E-state index contributed by atoms with van der Waals surface area (Å²) >= 11 is 0. The number of hydrogen-bond acceptors (Lipinski definition) is 6. The van der Waals surface area contributed by atoms with Gasteiger partial charge in [-0.3, -0.25) is 14.5 Å². The Hall–Kier alpha value is -3.68. The predicted octanol–water partition coefficient (Wildman–Crippen LogP) is 3.16. The van der Waals surface area contributed by atoms with E-state index >= 15 is 0 Å². The third-order valence-electron chi connectivity index (χ3n) is 4.89. The molecule has 4 N–H and O–H groups in total. The van der Waals surface area contributed by atoms with Gasteiger partial charge in [0.15, 0.2) is 0 Å². The Morgan fingerprint density at radius 2 is 1.58 bits per heavy atom. The lowest BCUT2D eigenvalue weighted by Crippen LogP contribution is -2.31. The van der Waals surface area contributed by atoms with Gasteiger partial charge in [-0.25, -0.2) is 9.18 Å². The van der Waals surface area contributed by atoms with E-state index in [1.54, 1.807) is 6.07 Å². The van der Waals surface area contributed by atoms with Crippen molar-refractivity contribution >= 4 is 34.7 Å². The van der Waals surface area contributed by atoms with Crippen LogP contribution in [0.25, 0.3) is 5.57 Å². The number of unbranched alkanes of at least 4 members (excludes halogenated alkanes) is 3. The lowest BCUT2D eigenvalue weighted by Gasteiger charge is -2.14. The Morgan fingerprint density at radius 3 is 2.26 bits per heavy atom. The molecule has 8 heteroatoms. The summed E-state index contributed by atoms with van der Waals surface area (Å²) in [4.78, 5) is 37.8. The minimum absolute atomic E-state index is 0.255. The van der Waals surface area contributed by atoms with Gasteiger partial charge >= 0.3 is 5.97 Å². The van der Waals surface area contributed by atoms with E-state index in [1.165, 1.54) is 47.4 Å². The summed E-state index contributed by atoms with van der Waals surface area (Å²) in [6.07, 6.45) is 4.14. The average Bonchev–Trinajstić information content (AvgIpc) is 3.01. The Kier molecular flexibility index (Phi) is 7.02. The molecule has 0 spiro atoms. The highest BCUT2D eigenvalue weighted by Gasteiger charge is 2.31. The Balaban J connectivity index is 1.36. The SMILES string of the molecule is Nc1cc(N)cc(C(=O)OCCCCCCN2C(=O)C=C(c3ccc(F)cc3)C2=O)c1. The molecule has 0 saturated heterocycles. The minimum atomic E-state index is -0.480. The molecular weight excluding hydrogens is 401 g/mol.